The van der Waals surface area contributed by atoms with Crippen LogP contribution in [0.4, 0.5) is 17.6 Å². The maximum atomic E-state index is 13.1. The van der Waals surface area contributed by atoms with Gasteiger partial charge in [-0.25, -0.2) is 4.39 Å². The Morgan fingerprint density at radius 3 is 2.26 bits per heavy atom. The fourth-order valence-electron chi connectivity index (χ4n) is 2.50. The normalized spacial score (nSPS) is 20.5. The average molecular weight is 278 g/mol. The molecule has 0 heterocycles. The van der Waals surface area contributed by atoms with Crippen LogP contribution in [0.25, 0.3) is 0 Å². The van der Waals surface area contributed by atoms with Crippen LogP contribution in [0.3, 0.4) is 0 Å². The van der Waals surface area contributed by atoms with E-state index in [4.69, 9.17) is 0 Å². The van der Waals surface area contributed by atoms with E-state index in [-0.39, 0.29) is 5.56 Å². The van der Waals surface area contributed by atoms with Crippen LogP contribution in [-0.2, 0) is 6.18 Å². The van der Waals surface area contributed by atoms with E-state index in [1.165, 1.54) is 0 Å². The van der Waals surface area contributed by atoms with E-state index in [0.717, 1.165) is 6.07 Å². The number of alkyl halides is 3. The Labute approximate surface area is 107 Å². The first-order valence-corrected chi connectivity index (χ1v) is 6.01. The molecular formula is C13H14F4O2. The van der Waals surface area contributed by atoms with Crippen LogP contribution in [0.15, 0.2) is 18.2 Å². The van der Waals surface area contributed by atoms with Crippen LogP contribution >= 0.6 is 0 Å². The van der Waals surface area contributed by atoms with Crippen LogP contribution in [-0.4, -0.2) is 15.8 Å². The molecule has 6 heteroatoms. The van der Waals surface area contributed by atoms with E-state index in [2.05, 4.69) is 0 Å². The molecule has 1 aromatic carbocycles. The lowest BCUT2D eigenvalue weighted by molar-refractivity contribution is -0.140. The van der Waals surface area contributed by atoms with Gasteiger partial charge in [-0.15, -0.1) is 0 Å². The summed E-state index contributed by atoms with van der Waals surface area (Å²) in [6, 6.07) is 2.31. The Kier molecular flexibility index (Phi) is 3.57. The second-order valence-corrected chi connectivity index (χ2v) is 4.95. The molecule has 1 unspecified atom stereocenters. The van der Waals surface area contributed by atoms with E-state index in [1.807, 2.05) is 0 Å². The Morgan fingerprint density at radius 2 is 1.74 bits per heavy atom. The van der Waals surface area contributed by atoms with E-state index >= 15 is 0 Å². The standard InChI is InChI=1S/C13H14F4O2/c14-10-4-3-8(7-9(10)13(15,16)17)11(18)12(19)5-1-2-6-12/h3-4,7,11,18-19H,1-2,5-6H2. The van der Waals surface area contributed by atoms with Gasteiger partial charge in [0, 0.05) is 0 Å². The van der Waals surface area contributed by atoms with Gasteiger partial charge in [-0.3, -0.25) is 0 Å². The molecule has 1 aliphatic rings. The molecule has 1 atom stereocenters. The van der Waals surface area contributed by atoms with Gasteiger partial charge < -0.3 is 10.2 Å². The van der Waals surface area contributed by atoms with Gasteiger partial charge >= 0.3 is 6.18 Å². The number of hydrogen-bond donors (Lipinski definition) is 2. The van der Waals surface area contributed by atoms with Crippen molar-refractivity contribution in [3.8, 4) is 0 Å². The molecule has 106 valence electrons. The maximum Gasteiger partial charge on any atom is 0.419 e. The van der Waals surface area contributed by atoms with Crippen molar-refractivity contribution in [2.75, 3.05) is 0 Å². The van der Waals surface area contributed by atoms with E-state index < -0.39 is 29.3 Å². The van der Waals surface area contributed by atoms with Crippen molar-refractivity contribution in [2.45, 2.75) is 43.6 Å². The highest BCUT2D eigenvalue weighted by molar-refractivity contribution is 5.30. The monoisotopic (exact) mass is 278 g/mol. The highest BCUT2D eigenvalue weighted by atomic mass is 19.4. The summed E-state index contributed by atoms with van der Waals surface area (Å²) >= 11 is 0. The summed E-state index contributed by atoms with van der Waals surface area (Å²) in [7, 11) is 0. The second kappa shape index (κ2) is 4.76. The van der Waals surface area contributed by atoms with Crippen LogP contribution in [0.5, 0.6) is 0 Å². The highest BCUT2D eigenvalue weighted by Crippen LogP contribution is 2.41. The molecule has 0 saturated heterocycles. The van der Waals surface area contributed by atoms with Crippen molar-refractivity contribution < 1.29 is 27.8 Å². The molecule has 0 spiro atoms. The van der Waals surface area contributed by atoms with Gasteiger partial charge in [-0.2, -0.15) is 13.2 Å². The zero-order chi connectivity index (χ0) is 14.3. The summed E-state index contributed by atoms with van der Waals surface area (Å²) in [4.78, 5) is 0. The fraction of sp³-hybridized carbons (Fsp3) is 0.538. The van der Waals surface area contributed by atoms with Crippen LogP contribution in [0.2, 0.25) is 0 Å². The lowest BCUT2D eigenvalue weighted by atomic mass is 9.89. The van der Waals surface area contributed by atoms with Gasteiger partial charge in [-0.05, 0) is 30.5 Å². The molecule has 2 nitrogen and oxygen atoms in total. The number of halogens is 4. The molecule has 0 bridgehead atoms. The molecule has 0 aromatic heterocycles. The lowest BCUT2D eigenvalue weighted by Gasteiger charge is -2.29. The molecule has 0 radical (unpaired) electrons. The zero-order valence-electron chi connectivity index (χ0n) is 10.0. The first-order chi connectivity index (χ1) is 8.74. The Hall–Kier alpha value is -1.14. The Bertz CT molecular complexity index is 464. The van der Waals surface area contributed by atoms with Crippen molar-refractivity contribution in [3.63, 3.8) is 0 Å². The topological polar surface area (TPSA) is 40.5 Å². The molecule has 1 aromatic rings. The number of aliphatic hydroxyl groups excluding tert-OH is 1. The van der Waals surface area contributed by atoms with Gasteiger partial charge in [0.15, 0.2) is 0 Å². The van der Waals surface area contributed by atoms with Crippen LogP contribution < -0.4 is 0 Å². The smallest absolute Gasteiger partial charge is 0.387 e. The third kappa shape index (κ3) is 2.74. The summed E-state index contributed by atoms with van der Waals surface area (Å²) in [6.07, 6.45) is -4.18. The molecule has 0 aliphatic heterocycles. The minimum Gasteiger partial charge on any atom is -0.387 e. The number of hydrogen-bond acceptors (Lipinski definition) is 2. The molecule has 1 aliphatic carbocycles. The first kappa shape index (κ1) is 14.3. The maximum absolute atomic E-state index is 13.1. The Balaban J connectivity index is 2.36. The van der Waals surface area contributed by atoms with Crippen molar-refractivity contribution in [2.24, 2.45) is 0 Å². The highest BCUT2D eigenvalue weighted by Gasteiger charge is 2.41. The number of rotatable bonds is 2. The third-order valence-electron chi connectivity index (χ3n) is 3.59. The molecule has 1 saturated carbocycles. The lowest BCUT2D eigenvalue weighted by Crippen LogP contribution is -2.33. The number of aliphatic hydroxyl groups is 2. The number of benzene rings is 1. The summed E-state index contributed by atoms with van der Waals surface area (Å²) in [5.41, 5.74) is -2.95. The first-order valence-electron chi connectivity index (χ1n) is 6.01. The van der Waals surface area contributed by atoms with Gasteiger partial charge in [0.05, 0.1) is 11.2 Å². The van der Waals surface area contributed by atoms with Gasteiger partial charge in [0.2, 0.25) is 0 Å². The van der Waals surface area contributed by atoms with Gasteiger partial charge in [0.25, 0.3) is 0 Å². The largest absolute Gasteiger partial charge is 0.419 e. The van der Waals surface area contributed by atoms with Crippen molar-refractivity contribution in [1.82, 2.24) is 0 Å². The summed E-state index contributed by atoms with van der Waals surface area (Å²) < 4.78 is 50.9. The predicted octanol–water partition coefficient (Wildman–Crippen LogP) is 3.18. The van der Waals surface area contributed by atoms with Crippen LogP contribution in [0.1, 0.15) is 42.9 Å². The second-order valence-electron chi connectivity index (χ2n) is 4.95. The van der Waals surface area contributed by atoms with E-state index in [9.17, 15) is 27.8 Å². The minimum atomic E-state index is -4.82. The summed E-state index contributed by atoms with van der Waals surface area (Å²) in [5, 5.41) is 20.2. The average Bonchev–Trinajstić information content (AvgIpc) is 2.76. The summed E-state index contributed by atoms with van der Waals surface area (Å²) in [5.74, 6) is -1.39. The van der Waals surface area contributed by atoms with Crippen LogP contribution in [0, 0.1) is 5.82 Å². The minimum absolute atomic E-state index is 0.113. The van der Waals surface area contributed by atoms with Crippen molar-refractivity contribution in [3.05, 3.63) is 35.1 Å². The molecular weight excluding hydrogens is 264 g/mol. The third-order valence-corrected chi connectivity index (χ3v) is 3.59. The quantitative estimate of drug-likeness (QED) is 0.816. The molecule has 0 amide bonds. The van der Waals surface area contributed by atoms with E-state index in [0.29, 0.717) is 37.8 Å². The zero-order valence-corrected chi connectivity index (χ0v) is 10.0. The summed E-state index contributed by atoms with van der Waals surface area (Å²) in [6.45, 7) is 0. The fourth-order valence-corrected chi connectivity index (χ4v) is 2.50. The SMILES string of the molecule is OC(c1ccc(F)c(C(F)(F)F)c1)C1(O)CCCC1. The van der Waals surface area contributed by atoms with Crippen molar-refractivity contribution >= 4 is 0 Å². The predicted molar refractivity (Wildman–Crippen MR) is 59.8 cm³/mol. The molecule has 19 heavy (non-hydrogen) atoms. The molecule has 2 rings (SSSR count). The van der Waals surface area contributed by atoms with Crippen molar-refractivity contribution in [1.29, 1.82) is 0 Å². The van der Waals surface area contributed by atoms with Gasteiger partial charge in [0.1, 0.15) is 11.9 Å². The molecule has 2 N–H and O–H groups in total. The van der Waals surface area contributed by atoms with Gasteiger partial charge in [-0.1, -0.05) is 18.9 Å². The Morgan fingerprint density at radius 1 is 1.16 bits per heavy atom. The molecule has 1 fully saturated rings. The van der Waals surface area contributed by atoms with E-state index in [1.54, 1.807) is 0 Å².